The summed E-state index contributed by atoms with van der Waals surface area (Å²) < 4.78 is 0. The largest absolute Gasteiger partial charge is 0.305 e. The SMILES string of the molecule is CONCCSC. The summed E-state index contributed by atoms with van der Waals surface area (Å²) in [6.07, 6.45) is 2.07. The van der Waals surface area contributed by atoms with Crippen molar-refractivity contribution in [3.63, 3.8) is 0 Å². The maximum Gasteiger partial charge on any atom is 0.0572 e. The predicted molar refractivity (Wildman–Crippen MR) is 33.4 cm³/mol. The van der Waals surface area contributed by atoms with E-state index in [2.05, 4.69) is 16.6 Å². The first kappa shape index (κ1) is 7.27. The summed E-state index contributed by atoms with van der Waals surface area (Å²) in [6, 6.07) is 0. The Morgan fingerprint density at radius 1 is 1.71 bits per heavy atom. The Bertz CT molecular complexity index is 30.9. The van der Waals surface area contributed by atoms with Gasteiger partial charge in [-0.2, -0.15) is 11.8 Å². The van der Waals surface area contributed by atoms with E-state index in [1.165, 1.54) is 0 Å². The van der Waals surface area contributed by atoms with Crippen molar-refractivity contribution in [1.82, 2.24) is 5.48 Å². The molecule has 0 rings (SSSR count). The maximum atomic E-state index is 4.58. The van der Waals surface area contributed by atoms with Crippen molar-refractivity contribution >= 4 is 11.8 Å². The van der Waals surface area contributed by atoms with Gasteiger partial charge in [0, 0.05) is 12.3 Å². The Morgan fingerprint density at radius 3 is 2.86 bits per heavy atom. The van der Waals surface area contributed by atoms with E-state index in [-0.39, 0.29) is 0 Å². The third kappa shape index (κ3) is 6.27. The minimum Gasteiger partial charge on any atom is -0.305 e. The monoisotopic (exact) mass is 121 g/mol. The van der Waals surface area contributed by atoms with Crippen LogP contribution in [0.3, 0.4) is 0 Å². The number of hydrogen-bond acceptors (Lipinski definition) is 3. The molecule has 0 aromatic rings. The van der Waals surface area contributed by atoms with Crippen molar-refractivity contribution in [3.05, 3.63) is 0 Å². The van der Waals surface area contributed by atoms with Crippen molar-refractivity contribution in [2.24, 2.45) is 0 Å². The number of nitrogens with one attached hydrogen (secondary N) is 1. The number of hydrogen-bond donors (Lipinski definition) is 1. The van der Waals surface area contributed by atoms with Gasteiger partial charge in [-0.3, -0.25) is 0 Å². The fourth-order valence-corrected chi connectivity index (χ4v) is 0.533. The van der Waals surface area contributed by atoms with E-state index in [0.717, 1.165) is 12.3 Å². The third-order valence-corrected chi connectivity index (χ3v) is 1.16. The molecule has 0 bridgehead atoms. The topological polar surface area (TPSA) is 21.3 Å². The molecule has 0 heterocycles. The Hall–Kier alpha value is 0.270. The molecule has 0 aromatic heterocycles. The highest BCUT2D eigenvalue weighted by Gasteiger charge is 1.77. The quantitative estimate of drug-likeness (QED) is 0.432. The zero-order valence-corrected chi connectivity index (χ0v) is 5.55. The smallest absolute Gasteiger partial charge is 0.0572 e. The van der Waals surface area contributed by atoms with Crippen molar-refractivity contribution in [2.75, 3.05) is 25.7 Å². The molecule has 0 aliphatic heterocycles. The van der Waals surface area contributed by atoms with Crippen LogP contribution in [-0.4, -0.2) is 25.7 Å². The van der Waals surface area contributed by atoms with Crippen LogP contribution < -0.4 is 5.48 Å². The Kier molecular flexibility index (Phi) is 6.51. The maximum absolute atomic E-state index is 4.58. The molecule has 2 nitrogen and oxygen atoms in total. The summed E-state index contributed by atoms with van der Waals surface area (Å²) in [5.41, 5.74) is 2.73. The van der Waals surface area contributed by atoms with E-state index in [1.807, 2.05) is 0 Å². The van der Waals surface area contributed by atoms with E-state index < -0.39 is 0 Å². The van der Waals surface area contributed by atoms with Gasteiger partial charge in [0.15, 0.2) is 0 Å². The van der Waals surface area contributed by atoms with Gasteiger partial charge >= 0.3 is 0 Å². The molecule has 3 heteroatoms. The molecule has 0 aliphatic rings. The van der Waals surface area contributed by atoms with Gasteiger partial charge in [0.1, 0.15) is 0 Å². The first-order valence-electron chi connectivity index (χ1n) is 2.16. The summed E-state index contributed by atoms with van der Waals surface area (Å²) >= 11 is 1.80. The normalized spacial score (nSPS) is 9.43. The van der Waals surface area contributed by atoms with Crippen LogP contribution in [0, 0.1) is 0 Å². The summed E-state index contributed by atoms with van der Waals surface area (Å²) in [4.78, 5) is 4.58. The Labute approximate surface area is 48.6 Å². The molecule has 0 unspecified atom stereocenters. The van der Waals surface area contributed by atoms with E-state index in [9.17, 15) is 0 Å². The van der Waals surface area contributed by atoms with E-state index in [1.54, 1.807) is 18.9 Å². The second-order valence-corrected chi connectivity index (χ2v) is 2.08. The highest BCUT2D eigenvalue weighted by Crippen LogP contribution is 1.85. The predicted octanol–water partition coefficient (Wildman–Crippen LogP) is 0.500. The van der Waals surface area contributed by atoms with E-state index >= 15 is 0 Å². The molecule has 0 spiro atoms. The molecular formula is C4H11NOS. The van der Waals surface area contributed by atoms with Gasteiger partial charge in [-0.05, 0) is 6.26 Å². The van der Waals surface area contributed by atoms with Gasteiger partial charge in [0.25, 0.3) is 0 Å². The average Bonchev–Trinajstić information content (AvgIpc) is 1.69. The lowest BCUT2D eigenvalue weighted by Gasteiger charge is -1.95. The second kappa shape index (κ2) is 6.27. The van der Waals surface area contributed by atoms with Crippen molar-refractivity contribution < 1.29 is 4.84 Å². The second-order valence-electron chi connectivity index (χ2n) is 1.09. The first-order chi connectivity index (χ1) is 3.41. The standard InChI is InChI=1S/C4H11NOS/c1-6-5-3-4-7-2/h5H,3-4H2,1-2H3. The molecule has 0 saturated heterocycles. The van der Waals surface area contributed by atoms with Crippen LogP contribution >= 0.6 is 11.8 Å². The van der Waals surface area contributed by atoms with E-state index in [0.29, 0.717) is 0 Å². The molecule has 7 heavy (non-hydrogen) atoms. The van der Waals surface area contributed by atoms with Crippen LogP contribution in [0.1, 0.15) is 0 Å². The van der Waals surface area contributed by atoms with Gasteiger partial charge in [0.05, 0.1) is 7.11 Å². The molecule has 0 aromatic carbocycles. The van der Waals surface area contributed by atoms with Crippen LogP contribution in [-0.2, 0) is 4.84 Å². The Morgan fingerprint density at radius 2 is 2.43 bits per heavy atom. The minimum absolute atomic E-state index is 0.928. The summed E-state index contributed by atoms with van der Waals surface area (Å²) in [7, 11) is 1.63. The Balaban J connectivity index is 2.45. The lowest BCUT2D eigenvalue weighted by molar-refractivity contribution is 0.0970. The van der Waals surface area contributed by atoms with Gasteiger partial charge in [0.2, 0.25) is 0 Å². The third-order valence-electron chi connectivity index (χ3n) is 0.553. The average molecular weight is 121 g/mol. The zero-order valence-electron chi connectivity index (χ0n) is 4.73. The summed E-state index contributed by atoms with van der Waals surface area (Å²) in [5.74, 6) is 1.10. The molecule has 0 radical (unpaired) electrons. The molecule has 0 aliphatic carbocycles. The van der Waals surface area contributed by atoms with Crippen molar-refractivity contribution in [1.29, 1.82) is 0 Å². The zero-order chi connectivity index (χ0) is 5.54. The molecule has 0 atom stereocenters. The van der Waals surface area contributed by atoms with Crippen molar-refractivity contribution in [3.8, 4) is 0 Å². The van der Waals surface area contributed by atoms with Crippen LogP contribution in [0.2, 0.25) is 0 Å². The molecule has 0 saturated carbocycles. The highest BCUT2D eigenvalue weighted by molar-refractivity contribution is 7.98. The summed E-state index contributed by atoms with van der Waals surface area (Å²) in [5, 5.41) is 0. The van der Waals surface area contributed by atoms with Crippen LogP contribution in [0.5, 0.6) is 0 Å². The summed E-state index contributed by atoms with van der Waals surface area (Å²) in [6.45, 7) is 0.928. The lowest BCUT2D eigenvalue weighted by Crippen LogP contribution is -2.14. The molecule has 0 fully saturated rings. The number of rotatable bonds is 4. The van der Waals surface area contributed by atoms with Gasteiger partial charge in [-0.25, -0.2) is 5.48 Å². The lowest BCUT2D eigenvalue weighted by atomic mass is 10.8. The fraction of sp³-hybridized carbons (Fsp3) is 1.00. The van der Waals surface area contributed by atoms with Crippen LogP contribution in [0.15, 0.2) is 0 Å². The molecule has 0 amide bonds. The number of thioether (sulfide) groups is 1. The van der Waals surface area contributed by atoms with Crippen LogP contribution in [0.4, 0.5) is 0 Å². The minimum atomic E-state index is 0.928. The highest BCUT2D eigenvalue weighted by atomic mass is 32.2. The molecular weight excluding hydrogens is 110 g/mol. The molecule has 44 valence electrons. The van der Waals surface area contributed by atoms with Gasteiger partial charge in [-0.15, -0.1) is 0 Å². The number of hydroxylamine groups is 1. The first-order valence-corrected chi connectivity index (χ1v) is 3.56. The van der Waals surface area contributed by atoms with Gasteiger partial charge < -0.3 is 4.84 Å². The molecule has 1 N–H and O–H groups in total. The van der Waals surface area contributed by atoms with Crippen LogP contribution in [0.25, 0.3) is 0 Å². The fourth-order valence-electron chi connectivity index (χ4n) is 0.246. The van der Waals surface area contributed by atoms with E-state index in [4.69, 9.17) is 0 Å². The van der Waals surface area contributed by atoms with Gasteiger partial charge in [-0.1, -0.05) is 0 Å². The van der Waals surface area contributed by atoms with Crippen molar-refractivity contribution in [2.45, 2.75) is 0 Å².